The predicted molar refractivity (Wildman–Crippen MR) is 47.7 cm³/mol. The number of hydrogen-bond donors (Lipinski definition) is 1. The summed E-state index contributed by atoms with van der Waals surface area (Å²) in [5, 5.41) is 9.19. The molecule has 72 valence electrons. The van der Waals surface area contributed by atoms with E-state index in [1.807, 2.05) is 0 Å². The minimum atomic E-state index is -0.997. The van der Waals surface area contributed by atoms with Gasteiger partial charge in [-0.2, -0.15) is 0 Å². The molecule has 12 heavy (non-hydrogen) atoms. The van der Waals surface area contributed by atoms with Crippen LogP contribution in [-0.4, -0.2) is 17.4 Å². The summed E-state index contributed by atoms with van der Waals surface area (Å²) in [5.41, 5.74) is 0.185. The van der Waals surface area contributed by atoms with Crippen LogP contribution in [0.2, 0.25) is 0 Å². The van der Waals surface area contributed by atoms with Gasteiger partial charge in [-0.25, -0.2) is 4.39 Å². The summed E-state index contributed by atoms with van der Waals surface area (Å²) in [6.45, 7) is 6.42. The van der Waals surface area contributed by atoms with E-state index in [9.17, 15) is 9.50 Å². The molecule has 0 aromatic heterocycles. The van der Waals surface area contributed by atoms with Crippen LogP contribution in [0.3, 0.4) is 0 Å². The first-order valence-electron chi connectivity index (χ1n) is 4.73. The lowest BCUT2D eigenvalue weighted by atomic mass is 9.71. The van der Waals surface area contributed by atoms with Gasteiger partial charge in [0.2, 0.25) is 0 Å². The van der Waals surface area contributed by atoms with Crippen LogP contribution in [-0.2, 0) is 0 Å². The molecule has 0 radical (unpaired) electrons. The van der Waals surface area contributed by atoms with E-state index in [4.69, 9.17) is 0 Å². The van der Waals surface area contributed by atoms with Crippen molar-refractivity contribution in [3.8, 4) is 0 Å². The predicted octanol–water partition coefficient (Wildman–Crippen LogP) is 2.53. The number of alkyl halides is 1. The molecule has 0 aromatic carbocycles. The van der Waals surface area contributed by atoms with Gasteiger partial charge in [-0.1, -0.05) is 20.8 Å². The summed E-state index contributed by atoms with van der Waals surface area (Å²) in [6.07, 6.45) is 0.422. The van der Waals surface area contributed by atoms with Gasteiger partial charge in [0.15, 0.2) is 0 Å². The van der Waals surface area contributed by atoms with Crippen molar-refractivity contribution in [3.05, 3.63) is 0 Å². The van der Waals surface area contributed by atoms with Gasteiger partial charge in [-0.3, -0.25) is 0 Å². The maximum absolute atomic E-state index is 13.1. The first kappa shape index (κ1) is 9.97. The first-order chi connectivity index (χ1) is 5.41. The van der Waals surface area contributed by atoms with Crippen LogP contribution < -0.4 is 0 Å². The average molecular weight is 174 g/mol. The monoisotopic (exact) mass is 174 g/mol. The highest BCUT2D eigenvalue weighted by atomic mass is 19.1. The largest absolute Gasteiger partial charge is 0.390 e. The summed E-state index contributed by atoms with van der Waals surface area (Å²) in [4.78, 5) is 0. The van der Waals surface area contributed by atoms with Gasteiger partial charge < -0.3 is 5.11 Å². The average Bonchev–Trinajstić information content (AvgIpc) is 1.92. The number of hydrogen-bond acceptors (Lipinski definition) is 1. The lowest BCUT2D eigenvalue weighted by molar-refractivity contribution is 0.000313. The van der Waals surface area contributed by atoms with E-state index in [-0.39, 0.29) is 5.41 Å². The van der Waals surface area contributed by atoms with Gasteiger partial charge in [0, 0.05) is 0 Å². The Labute approximate surface area is 74.0 Å². The Bertz CT molecular complexity index is 150. The van der Waals surface area contributed by atoms with Crippen molar-refractivity contribution < 1.29 is 9.50 Å². The third-order valence-corrected chi connectivity index (χ3v) is 2.96. The molecule has 2 heteroatoms. The molecule has 0 bridgehead atoms. The molecule has 0 unspecified atom stereocenters. The summed E-state index contributed by atoms with van der Waals surface area (Å²) >= 11 is 0. The van der Waals surface area contributed by atoms with Crippen LogP contribution >= 0.6 is 0 Å². The molecule has 0 amide bonds. The highest BCUT2D eigenvalue weighted by molar-refractivity contribution is 4.85. The molecule has 0 aromatic rings. The van der Waals surface area contributed by atoms with Crippen LogP contribution in [0.5, 0.6) is 0 Å². The third kappa shape index (κ3) is 2.19. The van der Waals surface area contributed by atoms with Crippen molar-refractivity contribution in [1.82, 2.24) is 0 Å². The van der Waals surface area contributed by atoms with Gasteiger partial charge in [-0.05, 0) is 30.6 Å². The molecule has 1 fully saturated rings. The zero-order chi connectivity index (χ0) is 9.35. The second kappa shape index (κ2) is 3.33. The Morgan fingerprint density at radius 1 is 1.25 bits per heavy atom. The van der Waals surface area contributed by atoms with E-state index in [1.165, 1.54) is 0 Å². The molecule has 1 rings (SSSR count). The Hall–Kier alpha value is -0.110. The van der Waals surface area contributed by atoms with Crippen molar-refractivity contribution >= 4 is 0 Å². The van der Waals surface area contributed by atoms with E-state index >= 15 is 0 Å². The van der Waals surface area contributed by atoms with Crippen LogP contribution in [0.4, 0.5) is 4.39 Å². The topological polar surface area (TPSA) is 20.2 Å². The summed E-state index contributed by atoms with van der Waals surface area (Å²) < 4.78 is 13.1. The fourth-order valence-electron chi connectivity index (χ4n) is 1.89. The standard InChI is InChI=1S/C10H19FO/c1-10(2,3)7-4-5-9(12)8(11)6-7/h7-9,12H,4-6H2,1-3H3/t7-,8+,9-/m0/s1. The smallest absolute Gasteiger partial charge is 0.126 e. The molecule has 0 saturated heterocycles. The highest BCUT2D eigenvalue weighted by Crippen LogP contribution is 2.38. The SMILES string of the molecule is CC(C)(C)[C@H]1CC[C@H](O)[C@H](F)C1. The second-order valence-electron chi connectivity index (χ2n) is 4.96. The molecule has 0 aliphatic heterocycles. The van der Waals surface area contributed by atoms with Crippen LogP contribution in [0, 0.1) is 11.3 Å². The van der Waals surface area contributed by atoms with Crippen molar-refractivity contribution in [1.29, 1.82) is 0 Å². The Balaban J connectivity index is 2.51. The molecule has 3 atom stereocenters. The van der Waals surface area contributed by atoms with Gasteiger partial charge in [0.05, 0.1) is 6.10 Å². The molecule has 1 aliphatic carbocycles. The number of rotatable bonds is 0. The van der Waals surface area contributed by atoms with E-state index in [0.29, 0.717) is 18.8 Å². The first-order valence-corrected chi connectivity index (χ1v) is 4.73. The highest BCUT2D eigenvalue weighted by Gasteiger charge is 2.34. The van der Waals surface area contributed by atoms with Crippen LogP contribution in [0.1, 0.15) is 40.0 Å². The quantitative estimate of drug-likeness (QED) is 0.598. The lowest BCUT2D eigenvalue weighted by Gasteiger charge is -2.37. The summed E-state index contributed by atoms with van der Waals surface area (Å²) in [5.74, 6) is 0.427. The minimum Gasteiger partial charge on any atom is -0.390 e. The normalized spacial score (nSPS) is 38.2. The zero-order valence-corrected chi connectivity index (χ0v) is 8.18. The Morgan fingerprint density at radius 2 is 1.83 bits per heavy atom. The summed E-state index contributed by atoms with van der Waals surface area (Å²) in [6, 6.07) is 0. The van der Waals surface area contributed by atoms with Gasteiger partial charge >= 0.3 is 0 Å². The van der Waals surface area contributed by atoms with Gasteiger partial charge in [-0.15, -0.1) is 0 Å². The Morgan fingerprint density at radius 3 is 2.25 bits per heavy atom. The molecule has 1 aliphatic rings. The van der Waals surface area contributed by atoms with Crippen LogP contribution in [0.25, 0.3) is 0 Å². The molecule has 0 heterocycles. The lowest BCUT2D eigenvalue weighted by Crippen LogP contribution is -2.35. The molecule has 0 spiro atoms. The van der Waals surface area contributed by atoms with E-state index in [0.717, 1.165) is 6.42 Å². The van der Waals surface area contributed by atoms with Gasteiger partial charge in [0.25, 0.3) is 0 Å². The van der Waals surface area contributed by atoms with Gasteiger partial charge in [0.1, 0.15) is 6.17 Å². The maximum atomic E-state index is 13.1. The summed E-state index contributed by atoms with van der Waals surface area (Å²) in [7, 11) is 0. The molecule has 1 nitrogen and oxygen atoms in total. The second-order valence-corrected chi connectivity index (χ2v) is 4.96. The number of aliphatic hydroxyl groups excluding tert-OH is 1. The van der Waals surface area contributed by atoms with E-state index in [2.05, 4.69) is 20.8 Å². The van der Waals surface area contributed by atoms with Crippen LogP contribution in [0.15, 0.2) is 0 Å². The molecular weight excluding hydrogens is 155 g/mol. The third-order valence-electron chi connectivity index (χ3n) is 2.96. The van der Waals surface area contributed by atoms with Crippen molar-refractivity contribution in [2.24, 2.45) is 11.3 Å². The Kier molecular flexibility index (Phi) is 2.77. The van der Waals surface area contributed by atoms with E-state index in [1.54, 1.807) is 0 Å². The number of halogens is 1. The number of aliphatic hydroxyl groups is 1. The zero-order valence-electron chi connectivity index (χ0n) is 8.18. The fourth-order valence-corrected chi connectivity index (χ4v) is 1.89. The van der Waals surface area contributed by atoms with Crippen molar-refractivity contribution in [2.75, 3.05) is 0 Å². The maximum Gasteiger partial charge on any atom is 0.126 e. The molecule has 1 N–H and O–H groups in total. The van der Waals surface area contributed by atoms with Crippen molar-refractivity contribution in [2.45, 2.75) is 52.3 Å². The molecule has 1 saturated carbocycles. The van der Waals surface area contributed by atoms with E-state index < -0.39 is 12.3 Å². The molecular formula is C10H19FO. The minimum absolute atomic E-state index is 0.185. The van der Waals surface area contributed by atoms with Crippen molar-refractivity contribution in [3.63, 3.8) is 0 Å². The fraction of sp³-hybridized carbons (Fsp3) is 1.00.